The van der Waals surface area contributed by atoms with Crippen LogP contribution in [0.1, 0.15) is 95.4 Å². The minimum Gasteiger partial charge on any atom is -0.459 e. The summed E-state index contributed by atoms with van der Waals surface area (Å²) in [6, 6.07) is -0.236. The molecule has 0 saturated carbocycles. The van der Waals surface area contributed by atoms with E-state index in [9.17, 15) is 25.2 Å². The first kappa shape index (κ1) is 43.4. The number of nitrogens with one attached hydrogen (secondary N) is 1. The number of methoxy groups -OCH3 is 1. The highest BCUT2D eigenvalue weighted by atomic mass is 16.7. The van der Waals surface area contributed by atoms with Crippen molar-refractivity contribution < 1.29 is 53.6 Å². The van der Waals surface area contributed by atoms with E-state index >= 15 is 0 Å². The van der Waals surface area contributed by atoms with E-state index in [4.69, 9.17) is 28.4 Å². The maximum atomic E-state index is 14.0. The predicted octanol–water partition coefficient (Wildman–Crippen LogP) is 2.44. The molecule has 0 amide bonds. The number of hydrogen-bond acceptors (Lipinski definition) is 13. The van der Waals surface area contributed by atoms with Crippen LogP contribution < -0.4 is 5.32 Å². The number of aliphatic hydroxyl groups excluding tert-OH is 3. The van der Waals surface area contributed by atoms with Gasteiger partial charge in [0, 0.05) is 38.1 Å². The molecule has 3 saturated heterocycles. The molecule has 13 heteroatoms. The molecule has 5 N–H and O–H groups in total. The van der Waals surface area contributed by atoms with E-state index in [2.05, 4.69) is 26.1 Å². The SMILES string of the molecule is COC1(C)CC(O[C@H]2[C@H](C)[C@@H](OC3OC(C)CC(N(C)C)C3O)C(C)(C)C[C@@H](C)NCC(C)[C@@H](O)[C@](C)(O)[C@@H](C)OC(=O)[C@@H]2C)OC(C)C1O. The van der Waals surface area contributed by atoms with E-state index < -0.39 is 89.7 Å². The number of likely N-dealkylation sites (N-methyl/N-ethyl adjacent to an activating group) is 1. The van der Waals surface area contributed by atoms with Crippen molar-refractivity contribution in [2.45, 2.75) is 180 Å². The molecule has 0 bridgehead atoms. The molecule has 13 nitrogen and oxygen atoms in total. The first-order valence-corrected chi connectivity index (χ1v) is 18.5. The molecule has 294 valence electrons. The molecule has 17 atom stereocenters. The number of carbonyl (C=O) groups excluding carboxylic acids is 1. The molecule has 3 rings (SSSR count). The van der Waals surface area contributed by atoms with Crippen LogP contribution in [0.2, 0.25) is 0 Å². The zero-order valence-electron chi connectivity index (χ0n) is 33.1. The van der Waals surface area contributed by atoms with Gasteiger partial charge in [0.25, 0.3) is 0 Å². The van der Waals surface area contributed by atoms with Crippen LogP contribution in [0.4, 0.5) is 0 Å². The molecule has 0 radical (unpaired) electrons. The normalized spacial score (nSPS) is 48.8. The lowest BCUT2D eigenvalue weighted by Gasteiger charge is -2.49. The highest BCUT2D eigenvalue weighted by Crippen LogP contribution is 2.42. The number of hydrogen-bond donors (Lipinski definition) is 5. The average molecular weight is 719 g/mol. The highest BCUT2D eigenvalue weighted by Gasteiger charge is 2.51. The largest absolute Gasteiger partial charge is 0.459 e. The Balaban J connectivity index is 2.13. The van der Waals surface area contributed by atoms with Gasteiger partial charge in [-0.15, -0.1) is 0 Å². The molecule has 3 aliphatic rings. The lowest BCUT2D eigenvalue weighted by atomic mass is 9.72. The number of rotatable bonds is 6. The van der Waals surface area contributed by atoms with Crippen molar-refractivity contribution in [3.05, 3.63) is 0 Å². The first-order valence-electron chi connectivity index (χ1n) is 18.5. The summed E-state index contributed by atoms with van der Waals surface area (Å²) < 4.78 is 37.8. The van der Waals surface area contributed by atoms with Gasteiger partial charge in [-0.25, -0.2) is 0 Å². The third-order valence-corrected chi connectivity index (χ3v) is 11.8. The zero-order valence-corrected chi connectivity index (χ0v) is 33.1. The Kier molecular flexibility index (Phi) is 14.8. The van der Waals surface area contributed by atoms with Crippen LogP contribution in [0.15, 0.2) is 0 Å². The summed E-state index contributed by atoms with van der Waals surface area (Å²) in [6.07, 6.45) is -6.71. The van der Waals surface area contributed by atoms with Crippen molar-refractivity contribution in [1.82, 2.24) is 10.2 Å². The van der Waals surface area contributed by atoms with Gasteiger partial charge in [-0.1, -0.05) is 27.7 Å². The number of ether oxygens (including phenoxy) is 6. The Morgan fingerprint density at radius 1 is 0.900 bits per heavy atom. The van der Waals surface area contributed by atoms with E-state index in [0.29, 0.717) is 19.4 Å². The average Bonchev–Trinajstić information content (AvgIpc) is 3.03. The second-order valence-corrected chi connectivity index (χ2v) is 17.0. The molecule has 3 aliphatic heterocycles. The third-order valence-electron chi connectivity index (χ3n) is 11.8. The van der Waals surface area contributed by atoms with Gasteiger partial charge in [0.1, 0.15) is 23.9 Å². The molecule has 50 heavy (non-hydrogen) atoms. The summed E-state index contributed by atoms with van der Waals surface area (Å²) >= 11 is 0. The summed E-state index contributed by atoms with van der Waals surface area (Å²) in [5.41, 5.74) is -3.28. The quantitative estimate of drug-likeness (QED) is 0.254. The van der Waals surface area contributed by atoms with E-state index in [-0.39, 0.29) is 30.5 Å². The van der Waals surface area contributed by atoms with Crippen molar-refractivity contribution in [2.75, 3.05) is 27.7 Å². The summed E-state index contributed by atoms with van der Waals surface area (Å²) in [5, 5.41) is 48.6. The third kappa shape index (κ3) is 9.76. The summed E-state index contributed by atoms with van der Waals surface area (Å²) in [7, 11) is 5.39. The monoisotopic (exact) mass is 718 g/mol. The fourth-order valence-electron chi connectivity index (χ4n) is 8.29. The molecular weight excluding hydrogens is 648 g/mol. The second-order valence-electron chi connectivity index (χ2n) is 17.0. The Hall–Kier alpha value is -0.970. The molecule has 3 heterocycles. The maximum absolute atomic E-state index is 14.0. The maximum Gasteiger partial charge on any atom is 0.311 e. The number of aliphatic hydroxyl groups is 4. The van der Waals surface area contributed by atoms with Crippen molar-refractivity contribution in [3.8, 4) is 0 Å². The lowest BCUT2D eigenvalue weighted by Crippen LogP contribution is -2.59. The minimum atomic E-state index is -1.74. The van der Waals surface area contributed by atoms with Crippen LogP contribution in [0, 0.1) is 23.2 Å². The second kappa shape index (κ2) is 17.0. The summed E-state index contributed by atoms with van der Waals surface area (Å²) in [4.78, 5) is 16.0. The van der Waals surface area contributed by atoms with Crippen LogP contribution in [-0.4, -0.2) is 144 Å². The van der Waals surface area contributed by atoms with Gasteiger partial charge in [-0.2, -0.15) is 0 Å². The highest BCUT2D eigenvalue weighted by molar-refractivity contribution is 5.73. The van der Waals surface area contributed by atoms with Gasteiger partial charge >= 0.3 is 5.97 Å². The fourth-order valence-corrected chi connectivity index (χ4v) is 8.29. The number of esters is 1. The predicted molar refractivity (Wildman–Crippen MR) is 188 cm³/mol. The summed E-state index contributed by atoms with van der Waals surface area (Å²) in [6.45, 7) is 20.7. The number of cyclic esters (lactones) is 1. The Labute approximate surface area is 300 Å². The van der Waals surface area contributed by atoms with Crippen LogP contribution in [-0.2, 0) is 33.2 Å². The van der Waals surface area contributed by atoms with Crippen LogP contribution in [0.25, 0.3) is 0 Å². The summed E-state index contributed by atoms with van der Waals surface area (Å²) in [5.74, 6) is -2.39. The lowest BCUT2D eigenvalue weighted by molar-refractivity contribution is -0.313. The van der Waals surface area contributed by atoms with Crippen molar-refractivity contribution in [3.63, 3.8) is 0 Å². The van der Waals surface area contributed by atoms with Crippen LogP contribution >= 0.6 is 0 Å². The first-order chi connectivity index (χ1) is 23.0. The van der Waals surface area contributed by atoms with E-state index in [0.717, 1.165) is 0 Å². The smallest absolute Gasteiger partial charge is 0.311 e. The van der Waals surface area contributed by atoms with Gasteiger partial charge in [-0.05, 0) is 86.7 Å². The molecule has 0 aromatic carbocycles. The van der Waals surface area contributed by atoms with E-state index in [1.807, 2.05) is 39.8 Å². The number of nitrogens with zero attached hydrogens (tertiary/aromatic N) is 1. The van der Waals surface area contributed by atoms with Gasteiger partial charge in [0.05, 0.1) is 42.0 Å². The zero-order chi connectivity index (χ0) is 38.1. The Bertz CT molecular complexity index is 1090. The minimum absolute atomic E-state index is 0.0443. The van der Waals surface area contributed by atoms with Crippen molar-refractivity contribution in [2.24, 2.45) is 23.2 Å². The fraction of sp³-hybridized carbons (Fsp3) is 0.973. The standard InChI is InChI=1S/C37H70N2O11/c1-19-18-38-20(2)16-35(8,9)32(50-34-28(40)26(39(12)13)15-21(3)46-34)22(4)29(23(5)33(43)48-25(7)37(11,44)30(19)41)49-27-17-36(10,45-14)31(42)24(6)47-27/h19-32,34,38,40-42,44H,15-18H2,1-14H3/t19?,20-,21?,22+,23-,24?,25-,26?,27?,28?,29+,30-,31?,32-,34?,36?,37-/m1/s1. The molecule has 0 aromatic rings. The Morgan fingerprint density at radius 2 is 1.52 bits per heavy atom. The molecule has 0 aliphatic carbocycles. The van der Waals surface area contributed by atoms with Gasteiger partial charge in [0.15, 0.2) is 12.6 Å². The van der Waals surface area contributed by atoms with E-state index in [1.54, 1.807) is 27.7 Å². The van der Waals surface area contributed by atoms with Gasteiger partial charge in [0.2, 0.25) is 0 Å². The number of carbonyl (C=O) groups is 1. The van der Waals surface area contributed by atoms with Crippen molar-refractivity contribution in [1.29, 1.82) is 0 Å². The van der Waals surface area contributed by atoms with Crippen LogP contribution in [0.3, 0.4) is 0 Å². The molecule has 0 aromatic heterocycles. The molecular formula is C37H70N2O11. The molecule has 3 fully saturated rings. The van der Waals surface area contributed by atoms with Gasteiger partial charge < -0.3 is 59.1 Å². The van der Waals surface area contributed by atoms with Crippen molar-refractivity contribution >= 4 is 5.97 Å². The van der Waals surface area contributed by atoms with E-state index in [1.165, 1.54) is 14.0 Å². The molecule has 0 spiro atoms. The van der Waals surface area contributed by atoms with Crippen LogP contribution in [0.5, 0.6) is 0 Å². The van der Waals surface area contributed by atoms with Gasteiger partial charge in [-0.3, -0.25) is 4.79 Å². The molecule has 9 unspecified atom stereocenters. The topological polar surface area (TPSA) is 169 Å². The Morgan fingerprint density at radius 3 is 2.10 bits per heavy atom.